The molecular weight excluding hydrogens is 443 g/mol. The third-order valence-corrected chi connectivity index (χ3v) is 5.63. The maximum atomic E-state index is 12.7. The molecule has 8 heteroatoms. The van der Waals surface area contributed by atoms with Gasteiger partial charge in [-0.05, 0) is 47.0 Å². The molecule has 4 nitrogen and oxygen atoms in total. The van der Waals surface area contributed by atoms with Crippen LogP contribution in [-0.2, 0) is 11.3 Å². The zero-order valence-corrected chi connectivity index (χ0v) is 17.7. The Morgan fingerprint density at radius 3 is 2.53 bits per heavy atom. The molecule has 1 unspecified atom stereocenters. The molecule has 0 bridgehead atoms. The summed E-state index contributed by atoms with van der Waals surface area (Å²) in [6.45, 7) is 2.30. The summed E-state index contributed by atoms with van der Waals surface area (Å²) >= 11 is 6.02. The lowest BCUT2D eigenvalue weighted by molar-refractivity contribution is -0.274. The highest BCUT2D eigenvalue weighted by molar-refractivity contribution is 6.30. The van der Waals surface area contributed by atoms with Crippen LogP contribution in [0.15, 0.2) is 66.7 Å². The molecule has 0 amide bonds. The Morgan fingerprint density at radius 2 is 1.78 bits per heavy atom. The Morgan fingerprint density at radius 1 is 1.03 bits per heavy atom. The molecule has 168 valence electrons. The van der Waals surface area contributed by atoms with Gasteiger partial charge in [0.2, 0.25) is 0 Å². The van der Waals surface area contributed by atoms with E-state index < -0.39 is 6.36 Å². The number of phenolic OH excluding ortho intramolecular Hbond substituents is 1. The number of ether oxygens (including phenoxy) is 2. The normalized spacial score (nSPS) is 17.3. The molecule has 3 aromatic rings. The van der Waals surface area contributed by atoms with E-state index >= 15 is 0 Å². The third-order valence-electron chi connectivity index (χ3n) is 5.38. The van der Waals surface area contributed by atoms with Crippen LogP contribution in [0.5, 0.6) is 11.5 Å². The molecule has 1 heterocycles. The molecule has 0 aromatic heterocycles. The van der Waals surface area contributed by atoms with Crippen molar-refractivity contribution in [2.24, 2.45) is 0 Å². The molecule has 1 atom stereocenters. The van der Waals surface area contributed by atoms with Crippen molar-refractivity contribution in [3.63, 3.8) is 0 Å². The van der Waals surface area contributed by atoms with Crippen LogP contribution in [0.3, 0.4) is 0 Å². The van der Waals surface area contributed by atoms with Crippen molar-refractivity contribution in [1.82, 2.24) is 4.90 Å². The Kier molecular flexibility index (Phi) is 6.60. The number of aromatic hydroxyl groups is 1. The molecule has 3 aromatic carbocycles. The molecule has 1 aliphatic rings. The van der Waals surface area contributed by atoms with Crippen LogP contribution >= 0.6 is 11.6 Å². The lowest BCUT2D eigenvalue weighted by Gasteiger charge is -2.36. The Labute approximate surface area is 188 Å². The number of rotatable bonds is 5. The van der Waals surface area contributed by atoms with E-state index in [0.717, 1.165) is 17.2 Å². The fraction of sp³-hybridized carbons (Fsp3) is 0.250. The third kappa shape index (κ3) is 5.35. The van der Waals surface area contributed by atoms with E-state index in [2.05, 4.69) is 9.64 Å². The van der Waals surface area contributed by atoms with Crippen LogP contribution in [0.1, 0.15) is 17.2 Å². The van der Waals surface area contributed by atoms with Gasteiger partial charge in [-0.2, -0.15) is 0 Å². The van der Waals surface area contributed by atoms with Gasteiger partial charge in [0.15, 0.2) is 0 Å². The van der Waals surface area contributed by atoms with E-state index in [9.17, 15) is 18.3 Å². The van der Waals surface area contributed by atoms with Gasteiger partial charge in [0.05, 0.1) is 19.3 Å². The lowest BCUT2D eigenvalue weighted by Crippen LogP contribution is -2.39. The summed E-state index contributed by atoms with van der Waals surface area (Å²) in [5.41, 5.74) is 2.85. The van der Waals surface area contributed by atoms with E-state index in [1.807, 2.05) is 36.4 Å². The first-order chi connectivity index (χ1) is 15.3. The van der Waals surface area contributed by atoms with Gasteiger partial charge < -0.3 is 14.6 Å². The van der Waals surface area contributed by atoms with Gasteiger partial charge in [0.1, 0.15) is 11.5 Å². The van der Waals surface area contributed by atoms with Gasteiger partial charge in [-0.15, -0.1) is 13.2 Å². The van der Waals surface area contributed by atoms with Crippen molar-refractivity contribution in [3.8, 4) is 22.6 Å². The van der Waals surface area contributed by atoms with Crippen molar-refractivity contribution >= 4 is 11.6 Å². The molecule has 1 saturated heterocycles. The average molecular weight is 464 g/mol. The second kappa shape index (κ2) is 9.40. The topological polar surface area (TPSA) is 41.9 Å². The fourth-order valence-corrected chi connectivity index (χ4v) is 4.01. The predicted molar refractivity (Wildman–Crippen MR) is 116 cm³/mol. The molecule has 0 radical (unpaired) electrons. The monoisotopic (exact) mass is 463 g/mol. The molecule has 1 N–H and O–H groups in total. The minimum atomic E-state index is -4.81. The molecular formula is C24H21ClF3NO3. The Hall–Kier alpha value is -2.74. The van der Waals surface area contributed by atoms with Crippen LogP contribution in [0, 0.1) is 0 Å². The maximum Gasteiger partial charge on any atom is 0.573 e. The molecule has 0 spiro atoms. The Bertz CT molecular complexity index is 1070. The molecule has 1 fully saturated rings. The highest BCUT2D eigenvalue weighted by Crippen LogP contribution is 2.37. The van der Waals surface area contributed by atoms with E-state index in [0.29, 0.717) is 36.9 Å². The van der Waals surface area contributed by atoms with Gasteiger partial charge in [-0.25, -0.2) is 0 Å². The number of nitrogens with zero attached hydrogens (tertiary/aromatic N) is 1. The van der Waals surface area contributed by atoms with Crippen LogP contribution in [0.25, 0.3) is 11.1 Å². The van der Waals surface area contributed by atoms with Gasteiger partial charge in [-0.3, -0.25) is 4.90 Å². The highest BCUT2D eigenvalue weighted by Gasteiger charge is 2.31. The first-order valence-corrected chi connectivity index (χ1v) is 10.4. The number of morpholine rings is 1. The molecule has 4 rings (SSSR count). The summed E-state index contributed by atoms with van der Waals surface area (Å²) in [6, 6.07) is 18.4. The van der Waals surface area contributed by atoms with Crippen LogP contribution < -0.4 is 4.74 Å². The predicted octanol–water partition coefficient (Wildman–Crippen LogP) is 6.18. The van der Waals surface area contributed by atoms with Gasteiger partial charge >= 0.3 is 6.36 Å². The van der Waals surface area contributed by atoms with Crippen LogP contribution in [-0.4, -0.2) is 36.1 Å². The summed E-state index contributed by atoms with van der Waals surface area (Å²) < 4.78 is 47.8. The second-order valence-corrected chi connectivity index (χ2v) is 7.93. The first kappa shape index (κ1) is 22.5. The van der Waals surface area contributed by atoms with Crippen molar-refractivity contribution < 1.29 is 27.8 Å². The number of phenols is 1. The molecule has 32 heavy (non-hydrogen) atoms. The van der Waals surface area contributed by atoms with E-state index in [4.69, 9.17) is 16.3 Å². The first-order valence-electron chi connectivity index (χ1n) is 10.0. The zero-order chi connectivity index (χ0) is 22.7. The van der Waals surface area contributed by atoms with E-state index in [1.54, 1.807) is 12.1 Å². The number of benzene rings is 3. The van der Waals surface area contributed by atoms with Crippen molar-refractivity contribution in [3.05, 3.63) is 82.9 Å². The minimum absolute atomic E-state index is 0.00238. The van der Waals surface area contributed by atoms with Gasteiger partial charge in [-0.1, -0.05) is 48.0 Å². The van der Waals surface area contributed by atoms with Crippen molar-refractivity contribution in [2.75, 3.05) is 19.8 Å². The number of halogens is 4. The van der Waals surface area contributed by atoms with Crippen LogP contribution in [0.2, 0.25) is 5.02 Å². The van der Waals surface area contributed by atoms with E-state index in [-0.39, 0.29) is 23.1 Å². The molecule has 0 aliphatic carbocycles. The fourth-order valence-electron chi connectivity index (χ4n) is 3.89. The van der Waals surface area contributed by atoms with Crippen LogP contribution in [0.4, 0.5) is 13.2 Å². The summed E-state index contributed by atoms with van der Waals surface area (Å²) in [5.74, 6) is -0.506. The number of hydrogen-bond donors (Lipinski definition) is 1. The largest absolute Gasteiger partial charge is 0.573 e. The lowest BCUT2D eigenvalue weighted by atomic mass is 9.97. The summed E-state index contributed by atoms with van der Waals surface area (Å²) in [5, 5.41) is 11.0. The SMILES string of the molecule is Oc1ccc(OC(F)(F)F)cc1-c1ccccc1CN1CCOCC1c1ccc(Cl)cc1. The second-order valence-electron chi connectivity index (χ2n) is 7.50. The number of alkyl halides is 3. The average Bonchev–Trinajstić information content (AvgIpc) is 2.76. The van der Waals surface area contributed by atoms with Crippen molar-refractivity contribution in [1.29, 1.82) is 0 Å². The maximum absolute atomic E-state index is 12.7. The summed E-state index contributed by atoms with van der Waals surface area (Å²) in [4.78, 5) is 2.25. The zero-order valence-electron chi connectivity index (χ0n) is 17.0. The molecule has 1 aliphatic heterocycles. The summed E-state index contributed by atoms with van der Waals surface area (Å²) in [7, 11) is 0. The quantitative estimate of drug-likeness (QED) is 0.490. The molecule has 0 saturated carbocycles. The minimum Gasteiger partial charge on any atom is -0.507 e. The Balaban J connectivity index is 1.65. The summed E-state index contributed by atoms with van der Waals surface area (Å²) in [6.07, 6.45) is -4.81. The van der Waals surface area contributed by atoms with E-state index in [1.165, 1.54) is 12.1 Å². The number of hydrogen-bond acceptors (Lipinski definition) is 4. The highest BCUT2D eigenvalue weighted by atomic mass is 35.5. The van der Waals surface area contributed by atoms with Gasteiger partial charge in [0.25, 0.3) is 0 Å². The van der Waals surface area contributed by atoms with Crippen molar-refractivity contribution in [2.45, 2.75) is 18.9 Å². The standard InChI is InChI=1S/C24H21ClF3NO3/c25-18-7-5-16(6-8-18)22-15-31-12-11-29(22)14-17-3-1-2-4-20(17)21-13-19(9-10-23(21)30)32-24(26,27)28/h1-10,13,22,30H,11-12,14-15H2. The van der Waals surface area contributed by atoms with Gasteiger partial charge in [0, 0.05) is 23.7 Å². The smallest absolute Gasteiger partial charge is 0.507 e.